The first-order valence-corrected chi connectivity index (χ1v) is 7.16. The minimum absolute atomic E-state index is 0.0343. The van der Waals surface area contributed by atoms with Crippen LogP contribution in [0.4, 0.5) is 5.69 Å². The van der Waals surface area contributed by atoms with Gasteiger partial charge in [0.1, 0.15) is 11.4 Å². The molecule has 1 aromatic heterocycles. The van der Waals surface area contributed by atoms with Crippen LogP contribution in [0.2, 0.25) is 0 Å². The SMILES string of the molecule is Cc1nn(CCC(=O)N(C(C)C)C(C)C)c(C)c1[N+](=O)[O-]. The molecule has 0 atom stereocenters. The number of nitrogens with zero attached hydrogens (tertiary/aromatic N) is 4. The number of amides is 1. The van der Waals surface area contributed by atoms with Gasteiger partial charge in [-0.05, 0) is 41.5 Å². The predicted molar refractivity (Wildman–Crippen MR) is 80.1 cm³/mol. The Kier molecular flexibility index (Phi) is 5.46. The highest BCUT2D eigenvalue weighted by atomic mass is 16.6. The van der Waals surface area contributed by atoms with Crippen LogP contribution >= 0.6 is 0 Å². The second-order valence-corrected chi connectivity index (χ2v) is 5.74. The summed E-state index contributed by atoms with van der Waals surface area (Å²) in [6.45, 7) is 11.5. The highest BCUT2D eigenvalue weighted by molar-refractivity contribution is 5.76. The van der Waals surface area contributed by atoms with E-state index in [1.807, 2.05) is 32.6 Å². The average Bonchev–Trinajstić information content (AvgIpc) is 2.60. The van der Waals surface area contributed by atoms with Crippen LogP contribution in [0.5, 0.6) is 0 Å². The zero-order valence-corrected chi connectivity index (χ0v) is 13.6. The topological polar surface area (TPSA) is 81.3 Å². The lowest BCUT2D eigenvalue weighted by Crippen LogP contribution is -2.42. The van der Waals surface area contributed by atoms with Crippen LogP contribution in [-0.4, -0.2) is 37.6 Å². The minimum Gasteiger partial charge on any atom is -0.338 e. The van der Waals surface area contributed by atoms with E-state index in [0.29, 0.717) is 17.9 Å². The van der Waals surface area contributed by atoms with E-state index in [0.717, 1.165) is 0 Å². The Bertz CT molecular complexity index is 527. The van der Waals surface area contributed by atoms with Gasteiger partial charge in [-0.15, -0.1) is 0 Å². The fraction of sp³-hybridized carbons (Fsp3) is 0.714. The van der Waals surface area contributed by atoms with Gasteiger partial charge in [-0.25, -0.2) is 0 Å². The summed E-state index contributed by atoms with van der Waals surface area (Å²) < 4.78 is 1.55. The van der Waals surface area contributed by atoms with E-state index in [-0.39, 0.29) is 30.1 Å². The van der Waals surface area contributed by atoms with Crippen LogP contribution in [0.25, 0.3) is 0 Å². The molecule has 0 aliphatic carbocycles. The second-order valence-electron chi connectivity index (χ2n) is 5.74. The van der Waals surface area contributed by atoms with Crippen molar-refractivity contribution in [3.8, 4) is 0 Å². The molecule has 118 valence electrons. The van der Waals surface area contributed by atoms with Crippen molar-refractivity contribution >= 4 is 11.6 Å². The Labute approximate surface area is 125 Å². The lowest BCUT2D eigenvalue weighted by Gasteiger charge is -2.30. The lowest BCUT2D eigenvalue weighted by molar-refractivity contribution is -0.386. The van der Waals surface area contributed by atoms with Crippen molar-refractivity contribution in [2.24, 2.45) is 0 Å². The Balaban J connectivity index is 2.83. The number of carbonyl (C=O) groups is 1. The fourth-order valence-corrected chi connectivity index (χ4v) is 2.67. The Morgan fingerprint density at radius 3 is 2.19 bits per heavy atom. The quantitative estimate of drug-likeness (QED) is 0.596. The minimum atomic E-state index is -0.426. The predicted octanol–water partition coefficient (Wildman–Crippen LogP) is 2.44. The van der Waals surface area contributed by atoms with E-state index < -0.39 is 4.92 Å². The molecule has 1 rings (SSSR count). The lowest BCUT2D eigenvalue weighted by atomic mass is 10.2. The zero-order valence-electron chi connectivity index (χ0n) is 13.6. The first kappa shape index (κ1) is 17.1. The normalized spacial score (nSPS) is 11.2. The number of nitro groups is 1. The van der Waals surface area contributed by atoms with Crippen molar-refractivity contribution in [2.45, 2.75) is 66.6 Å². The Hall–Kier alpha value is -1.92. The largest absolute Gasteiger partial charge is 0.338 e. The molecule has 0 aliphatic heterocycles. The highest BCUT2D eigenvalue weighted by Crippen LogP contribution is 2.22. The molecule has 0 spiro atoms. The van der Waals surface area contributed by atoms with Crippen molar-refractivity contribution in [2.75, 3.05) is 0 Å². The maximum atomic E-state index is 12.3. The van der Waals surface area contributed by atoms with Gasteiger partial charge in [0, 0.05) is 18.5 Å². The van der Waals surface area contributed by atoms with Crippen LogP contribution in [-0.2, 0) is 11.3 Å². The summed E-state index contributed by atoms with van der Waals surface area (Å²) in [7, 11) is 0. The van der Waals surface area contributed by atoms with Crippen molar-refractivity contribution in [1.82, 2.24) is 14.7 Å². The van der Waals surface area contributed by atoms with Crippen LogP contribution in [0, 0.1) is 24.0 Å². The van der Waals surface area contributed by atoms with Crippen molar-refractivity contribution in [3.63, 3.8) is 0 Å². The molecular formula is C14H24N4O3. The van der Waals surface area contributed by atoms with Gasteiger partial charge in [-0.2, -0.15) is 5.10 Å². The summed E-state index contributed by atoms with van der Waals surface area (Å²) in [5, 5.41) is 15.1. The van der Waals surface area contributed by atoms with Gasteiger partial charge in [0.2, 0.25) is 5.91 Å². The van der Waals surface area contributed by atoms with Gasteiger partial charge < -0.3 is 4.90 Å². The van der Waals surface area contributed by atoms with Crippen LogP contribution in [0.1, 0.15) is 45.5 Å². The maximum Gasteiger partial charge on any atom is 0.312 e. The van der Waals surface area contributed by atoms with E-state index in [1.54, 1.807) is 18.5 Å². The molecule has 21 heavy (non-hydrogen) atoms. The van der Waals surface area contributed by atoms with Crippen LogP contribution < -0.4 is 0 Å². The maximum absolute atomic E-state index is 12.3. The van der Waals surface area contributed by atoms with Crippen molar-refractivity contribution in [1.29, 1.82) is 0 Å². The molecule has 1 amide bonds. The molecule has 1 heterocycles. The molecule has 0 unspecified atom stereocenters. The third kappa shape index (κ3) is 3.80. The van der Waals surface area contributed by atoms with Crippen molar-refractivity contribution < 1.29 is 9.72 Å². The van der Waals surface area contributed by atoms with E-state index in [1.165, 1.54) is 0 Å². The molecule has 0 aromatic carbocycles. The molecule has 0 bridgehead atoms. The summed E-state index contributed by atoms with van der Waals surface area (Å²) in [5.41, 5.74) is 0.910. The number of hydrogen-bond acceptors (Lipinski definition) is 4. The first-order chi connectivity index (χ1) is 9.66. The summed E-state index contributed by atoms with van der Waals surface area (Å²) >= 11 is 0. The summed E-state index contributed by atoms with van der Waals surface area (Å²) in [4.78, 5) is 24.6. The fourth-order valence-electron chi connectivity index (χ4n) is 2.67. The Morgan fingerprint density at radius 2 is 1.81 bits per heavy atom. The smallest absolute Gasteiger partial charge is 0.312 e. The van der Waals surface area contributed by atoms with E-state index >= 15 is 0 Å². The van der Waals surface area contributed by atoms with E-state index in [9.17, 15) is 14.9 Å². The molecule has 7 heteroatoms. The number of rotatable bonds is 6. The monoisotopic (exact) mass is 296 g/mol. The standard InChI is InChI=1S/C14H24N4O3/c1-9(2)17(10(3)4)13(19)7-8-16-12(6)14(18(20)21)11(5)15-16/h9-10H,7-8H2,1-6H3. The molecule has 7 nitrogen and oxygen atoms in total. The van der Waals surface area contributed by atoms with E-state index in [2.05, 4.69) is 5.10 Å². The van der Waals surface area contributed by atoms with Gasteiger partial charge >= 0.3 is 5.69 Å². The third-order valence-electron chi connectivity index (χ3n) is 3.46. The molecule has 1 aromatic rings. The van der Waals surface area contributed by atoms with Gasteiger partial charge in [-0.1, -0.05) is 0 Å². The molecular weight excluding hydrogens is 272 g/mol. The molecule has 0 fully saturated rings. The third-order valence-corrected chi connectivity index (χ3v) is 3.46. The van der Waals surface area contributed by atoms with Gasteiger partial charge in [-0.3, -0.25) is 19.6 Å². The first-order valence-electron chi connectivity index (χ1n) is 7.16. The van der Waals surface area contributed by atoms with Crippen molar-refractivity contribution in [3.05, 3.63) is 21.5 Å². The number of aromatic nitrogens is 2. The zero-order chi connectivity index (χ0) is 16.3. The summed E-state index contributed by atoms with van der Waals surface area (Å²) in [6.07, 6.45) is 0.287. The average molecular weight is 296 g/mol. The molecule has 0 N–H and O–H groups in total. The summed E-state index contributed by atoms with van der Waals surface area (Å²) in [5.74, 6) is 0.0372. The number of aryl methyl sites for hydroxylation is 2. The Morgan fingerprint density at radius 1 is 1.29 bits per heavy atom. The molecule has 0 radical (unpaired) electrons. The van der Waals surface area contributed by atoms with E-state index in [4.69, 9.17) is 0 Å². The van der Waals surface area contributed by atoms with Gasteiger partial charge in [0.15, 0.2) is 0 Å². The van der Waals surface area contributed by atoms with Crippen LogP contribution in [0.3, 0.4) is 0 Å². The van der Waals surface area contributed by atoms with Crippen LogP contribution in [0.15, 0.2) is 0 Å². The summed E-state index contributed by atoms with van der Waals surface area (Å²) in [6, 6.07) is 0.264. The molecule has 0 saturated carbocycles. The second kappa shape index (κ2) is 6.69. The molecule has 0 aliphatic rings. The van der Waals surface area contributed by atoms with Gasteiger partial charge in [0.25, 0.3) is 0 Å². The number of hydrogen-bond donors (Lipinski definition) is 0. The number of carbonyl (C=O) groups excluding carboxylic acids is 1. The highest BCUT2D eigenvalue weighted by Gasteiger charge is 2.24. The van der Waals surface area contributed by atoms with Gasteiger partial charge in [0.05, 0.1) is 11.5 Å². The molecule has 0 saturated heterocycles.